The van der Waals surface area contributed by atoms with Crippen LogP contribution in [0.2, 0.25) is 0 Å². The Hall–Kier alpha value is -2.88. The van der Waals surface area contributed by atoms with Crippen LogP contribution < -0.4 is 5.46 Å². The lowest BCUT2D eigenvalue weighted by molar-refractivity contribution is -0.381. The molecule has 0 saturated carbocycles. The molecule has 0 unspecified atom stereocenters. The second-order valence-electron chi connectivity index (χ2n) is 5.31. The van der Waals surface area contributed by atoms with E-state index in [-0.39, 0.29) is 11.2 Å². The van der Waals surface area contributed by atoms with Gasteiger partial charge in [0.2, 0.25) is 0 Å². The molecule has 0 bridgehead atoms. The Kier molecular flexibility index (Phi) is 2.66. The zero-order chi connectivity index (χ0) is 15.3. The number of rotatable bonds is 1. The van der Waals surface area contributed by atoms with E-state index in [1.165, 1.54) is 0 Å². The van der Waals surface area contributed by atoms with Crippen molar-refractivity contribution in [1.82, 2.24) is 0 Å². The van der Waals surface area contributed by atoms with Gasteiger partial charge in [0.1, 0.15) is 7.85 Å². The minimum Gasteiger partial charge on any atom is -0.258 e. The normalized spacial score (nSPS) is 11.3. The van der Waals surface area contributed by atoms with Crippen molar-refractivity contribution < 1.29 is 4.92 Å². The van der Waals surface area contributed by atoms with Crippen molar-refractivity contribution in [1.29, 1.82) is 0 Å². The average Bonchev–Trinajstić information content (AvgIpc) is 2.53. The van der Waals surface area contributed by atoms with E-state index in [1.54, 1.807) is 12.1 Å². The number of nitro benzene ring substituents is 1. The Morgan fingerprint density at radius 2 is 1.32 bits per heavy atom. The van der Waals surface area contributed by atoms with Crippen molar-refractivity contribution >= 4 is 51.3 Å². The fourth-order valence-corrected chi connectivity index (χ4v) is 3.08. The highest BCUT2D eigenvalue weighted by Crippen LogP contribution is 2.33. The molecule has 0 amide bonds. The summed E-state index contributed by atoms with van der Waals surface area (Å²) in [7, 11) is 6.14. The maximum absolute atomic E-state index is 11.5. The molecule has 0 saturated heterocycles. The quantitative estimate of drug-likeness (QED) is 0.175. The molecule has 0 aliphatic carbocycles. The van der Waals surface area contributed by atoms with Gasteiger partial charge in [-0.25, -0.2) is 0 Å². The van der Waals surface area contributed by atoms with Crippen LogP contribution in [0.15, 0.2) is 60.7 Å². The topological polar surface area (TPSA) is 43.1 Å². The fraction of sp³-hybridized carbons (Fsp3) is 0. The summed E-state index contributed by atoms with van der Waals surface area (Å²) in [4.78, 5) is 11.1. The maximum Gasteiger partial charge on any atom is 0.270 e. The minimum absolute atomic E-state index is 0.0154. The lowest BCUT2D eigenvalue weighted by Gasteiger charge is -2.11. The van der Waals surface area contributed by atoms with E-state index in [0.29, 0.717) is 5.39 Å². The molecule has 4 rings (SSSR count). The molecular weight excluding hydrogens is 273 g/mol. The monoisotopic (exact) mass is 283 g/mol. The van der Waals surface area contributed by atoms with Crippen LogP contribution in [0.1, 0.15) is 0 Å². The Bertz CT molecular complexity index is 1070. The van der Waals surface area contributed by atoms with Crippen molar-refractivity contribution in [3.63, 3.8) is 0 Å². The van der Waals surface area contributed by atoms with Crippen LogP contribution in [0.3, 0.4) is 0 Å². The SMILES string of the molecule is [B]c1c([N+](=O)[O-])c2ccccc2c2cc3ccccc3cc12. The second kappa shape index (κ2) is 4.56. The van der Waals surface area contributed by atoms with Crippen molar-refractivity contribution in [3.05, 3.63) is 70.8 Å². The van der Waals surface area contributed by atoms with Crippen LogP contribution in [0.4, 0.5) is 5.69 Å². The maximum atomic E-state index is 11.5. The van der Waals surface area contributed by atoms with E-state index in [1.807, 2.05) is 48.5 Å². The molecule has 0 atom stereocenters. The van der Waals surface area contributed by atoms with Crippen LogP contribution in [-0.2, 0) is 0 Å². The van der Waals surface area contributed by atoms with E-state index in [2.05, 4.69) is 0 Å². The first kappa shape index (κ1) is 12.8. The first-order valence-corrected chi connectivity index (χ1v) is 6.94. The number of hydrogen-bond donors (Lipinski definition) is 0. The lowest BCUT2D eigenvalue weighted by atomic mass is 9.84. The van der Waals surface area contributed by atoms with Gasteiger partial charge >= 0.3 is 0 Å². The van der Waals surface area contributed by atoms with E-state index < -0.39 is 4.92 Å². The van der Waals surface area contributed by atoms with Crippen LogP contribution in [0.25, 0.3) is 32.3 Å². The highest BCUT2D eigenvalue weighted by Gasteiger charge is 2.19. The molecule has 102 valence electrons. The Morgan fingerprint density at radius 3 is 1.95 bits per heavy atom. The third-order valence-electron chi connectivity index (χ3n) is 4.09. The summed E-state index contributed by atoms with van der Waals surface area (Å²) >= 11 is 0. The molecule has 0 N–H and O–H groups in total. The van der Waals surface area contributed by atoms with E-state index in [0.717, 1.165) is 26.9 Å². The molecule has 4 aromatic rings. The molecule has 0 fully saturated rings. The second-order valence-corrected chi connectivity index (χ2v) is 5.31. The molecule has 2 radical (unpaired) electrons. The fourth-order valence-electron chi connectivity index (χ4n) is 3.08. The van der Waals surface area contributed by atoms with Crippen LogP contribution in [-0.4, -0.2) is 12.8 Å². The van der Waals surface area contributed by atoms with Gasteiger partial charge in [0.15, 0.2) is 0 Å². The number of nitrogens with zero attached hydrogens (tertiary/aromatic N) is 1. The van der Waals surface area contributed by atoms with Crippen LogP contribution in [0.5, 0.6) is 0 Å². The van der Waals surface area contributed by atoms with Gasteiger partial charge in [0.25, 0.3) is 5.69 Å². The number of nitro groups is 1. The molecule has 4 heteroatoms. The summed E-state index contributed by atoms with van der Waals surface area (Å²) in [6.45, 7) is 0. The molecule has 0 heterocycles. The summed E-state index contributed by atoms with van der Waals surface area (Å²) < 4.78 is 0. The van der Waals surface area contributed by atoms with Crippen LogP contribution in [0, 0.1) is 10.1 Å². The van der Waals surface area contributed by atoms with Gasteiger partial charge in [0.05, 0.1) is 10.3 Å². The zero-order valence-electron chi connectivity index (χ0n) is 11.6. The highest BCUT2D eigenvalue weighted by molar-refractivity contribution is 6.45. The largest absolute Gasteiger partial charge is 0.270 e. The predicted octanol–water partition coefficient (Wildman–Crippen LogP) is 3.85. The van der Waals surface area contributed by atoms with Gasteiger partial charge in [0, 0.05) is 0 Å². The van der Waals surface area contributed by atoms with Gasteiger partial charge < -0.3 is 0 Å². The summed E-state index contributed by atoms with van der Waals surface area (Å²) in [5.41, 5.74) is 0.211. The summed E-state index contributed by atoms with van der Waals surface area (Å²) in [5.74, 6) is 0. The van der Waals surface area contributed by atoms with Gasteiger partial charge in [-0.3, -0.25) is 10.1 Å². The molecule has 0 aliphatic rings. The number of hydrogen-bond acceptors (Lipinski definition) is 2. The Balaban J connectivity index is 2.33. The van der Waals surface area contributed by atoms with Crippen molar-refractivity contribution in [2.24, 2.45) is 0 Å². The summed E-state index contributed by atoms with van der Waals surface area (Å²) in [6.07, 6.45) is 0. The van der Waals surface area contributed by atoms with Gasteiger partial charge in [-0.1, -0.05) is 42.5 Å². The Labute approximate surface area is 127 Å². The molecule has 4 aromatic carbocycles. The minimum atomic E-state index is -0.397. The first-order valence-electron chi connectivity index (χ1n) is 6.94. The van der Waals surface area contributed by atoms with Crippen molar-refractivity contribution in [2.45, 2.75) is 0 Å². The Morgan fingerprint density at radius 1 is 0.773 bits per heavy atom. The standard InChI is InChI=1S/C18H10BNO2/c19-17-16-10-12-6-2-1-5-11(12)9-15(16)13-7-3-4-8-14(13)18(17)20(21)22/h1-10H. The zero-order valence-corrected chi connectivity index (χ0v) is 11.6. The van der Waals surface area contributed by atoms with E-state index in [4.69, 9.17) is 7.85 Å². The average molecular weight is 283 g/mol. The van der Waals surface area contributed by atoms with Gasteiger partial charge in [-0.05, 0) is 50.6 Å². The van der Waals surface area contributed by atoms with Crippen molar-refractivity contribution in [2.75, 3.05) is 0 Å². The molecule has 0 aliphatic heterocycles. The van der Waals surface area contributed by atoms with Crippen LogP contribution >= 0.6 is 0 Å². The van der Waals surface area contributed by atoms with E-state index >= 15 is 0 Å². The third-order valence-corrected chi connectivity index (χ3v) is 4.09. The molecule has 22 heavy (non-hydrogen) atoms. The predicted molar refractivity (Wildman–Crippen MR) is 91.0 cm³/mol. The molecule has 3 nitrogen and oxygen atoms in total. The molecular formula is C18H10BNO2. The first-order chi connectivity index (χ1) is 10.7. The summed E-state index contributed by atoms with van der Waals surface area (Å²) in [5, 5.41) is 16.7. The summed E-state index contributed by atoms with van der Waals surface area (Å²) in [6, 6.07) is 19.2. The number of benzene rings is 4. The van der Waals surface area contributed by atoms with Gasteiger partial charge in [-0.15, -0.1) is 0 Å². The lowest BCUT2D eigenvalue weighted by Crippen LogP contribution is -2.12. The van der Waals surface area contributed by atoms with E-state index in [9.17, 15) is 10.1 Å². The van der Waals surface area contributed by atoms with Gasteiger partial charge in [-0.2, -0.15) is 0 Å². The molecule has 0 aromatic heterocycles. The highest BCUT2D eigenvalue weighted by atomic mass is 16.6. The third kappa shape index (κ3) is 1.70. The van der Waals surface area contributed by atoms with Crippen molar-refractivity contribution in [3.8, 4) is 0 Å². The smallest absolute Gasteiger partial charge is 0.258 e. The number of fused-ring (bicyclic) bond motifs is 4. The molecule has 0 spiro atoms.